The van der Waals surface area contributed by atoms with Crippen LogP contribution in [-0.2, 0) is 4.74 Å². The van der Waals surface area contributed by atoms with E-state index >= 15 is 0 Å². The maximum atomic E-state index is 5.32. The molecule has 0 saturated carbocycles. The van der Waals surface area contributed by atoms with Crippen LogP contribution in [0.25, 0.3) is 0 Å². The smallest absolute Gasteiger partial charge is 0.0502 e. The van der Waals surface area contributed by atoms with Gasteiger partial charge >= 0.3 is 0 Å². The SMILES string of the molecule is COCC1CCCN(CC2NCCCC2(C)C)C1. The average Bonchev–Trinajstić information content (AvgIpc) is 2.33. The zero-order valence-corrected chi connectivity index (χ0v) is 12.4. The van der Waals surface area contributed by atoms with Gasteiger partial charge < -0.3 is 15.0 Å². The fourth-order valence-electron chi connectivity index (χ4n) is 3.53. The average molecular weight is 254 g/mol. The molecular formula is C15H30N2O. The molecule has 2 aliphatic heterocycles. The van der Waals surface area contributed by atoms with Crippen molar-refractivity contribution in [1.82, 2.24) is 10.2 Å². The van der Waals surface area contributed by atoms with Crippen molar-refractivity contribution in [3.63, 3.8) is 0 Å². The van der Waals surface area contributed by atoms with Crippen LogP contribution in [-0.4, -0.2) is 50.8 Å². The van der Waals surface area contributed by atoms with Gasteiger partial charge in [-0.05, 0) is 50.1 Å². The van der Waals surface area contributed by atoms with Crippen LogP contribution < -0.4 is 5.32 Å². The molecule has 0 radical (unpaired) electrons. The van der Waals surface area contributed by atoms with E-state index < -0.39 is 0 Å². The van der Waals surface area contributed by atoms with Crippen molar-refractivity contribution in [3.05, 3.63) is 0 Å². The molecule has 2 atom stereocenters. The normalized spacial score (nSPS) is 33.5. The zero-order chi connectivity index (χ0) is 13.0. The highest BCUT2D eigenvalue weighted by atomic mass is 16.5. The fourth-order valence-corrected chi connectivity index (χ4v) is 3.53. The summed E-state index contributed by atoms with van der Waals surface area (Å²) in [5.74, 6) is 0.746. The van der Waals surface area contributed by atoms with Gasteiger partial charge in [-0.25, -0.2) is 0 Å². The maximum absolute atomic E-state index is 5.32. The van der Waals surface area contributed by atoms with Crippen LogP contribution in [0.4, 0.5) is 0 Å². The Kier molecular flexibility index (Phi) is 5.05. The van der Waals surface area contributed by atoms with Crippen LogP contribution in [0.15, 0.2) is 0 Å². The van der Waals surface area contributed by atoms with E-state index in [-0.39, 0.29) is 0 Å². The summed E-state index contributed by atoms with van der Waals surface area (Å²) >= 11 is 0. The molecule has 3 heteroatoms. The largest absolute Gasteiger partial charge is 0.384 e. The summed E-state index contributed by atoms with van der Waals surface area (Å²) in [6.07, 6.45) is 5.36. The van der Waals surface area contributed by atoms with Gasteiger partial charge in [0.1, 0.15) is 0 Å². The predicted octanol–water partition coefficient (Wildman–Crippen LogP) is 2.12. The minimum absolute atomic E-state index is 0.451. The van der Waals surface area contributed by atoms with E-state index in [1.54, 1.807) is 0 Å². The van der Waals surface area contributed by atoms with Gasteiger partial charge in [-0.15, -0.1) is 0 Å². The molecule has 106 valence electrons. The summed E-state index contributed by atoms with van der Waals surface area (Å²) in [6, 6.07) is 0.660. The lowest BCUT2D eigenvalue weighted by molar-refractivity contribution is 0.0651. The minimum Gasteiger partial charge on any atom is -0.384 e. The van der Waals surface area contributed by atoms with Crippen molar-refractivity contribution >= 4 is 0 Å². The first-order valence-electron chi connectivity index (χ1n) is 7.56. The number of piperidine rings is 2. The monoisotopic (exact) mass is 254 g/mol. The van der Waals surface area contributed by atoms with Gasteiger partial charge in [-0.2, -0.15) is 0 Å². The quantitative estimate of drug-likeness (QED) is 0.832. The molecule has 0 aromatic heterocycles. The van der Waals surface area contributed by atoms with Crippen LogP contribution in [0.3, 0.4) is 0 Å². The third kappa shape index (κ3) is 3.69. The Hall–Kier alpha value is -0.120. The first-order valence-corrected chi connectivity index (χ1v) is 7.56. The van der Waals surface area contributed by atoms with E-state index in [1.807, 2.05) is 7.11 Å². The van der Waals surface area contributed by atoms with Gasteiger partial charge in [0.05, 0.1) is 6.61 Å². The lowest BCUT2D eigenvalue weighted by Crippen LogP contribution is -2.54. The highest BCUT2D eigenvalue weighted by molar-refractivity contribution is 4.91. The summed E-state index contributed by atoms with van der Waals surface area (Å²) in [4.78, 5) is 2.65. The molecule has 3 nitrogen and oxygen atoms in total. The molecule has 0 aromatic rings. The highest BCUT2D eigenvalue weighted by Crippen LogP contribution is 2.31. The molecule has 0 aromatic carbocycles. The summed E-state index contributed by atoms with van der Waals surface area (Å²) < 4.78 is 5.32. The first-order chi connectivity index (χ1) is 8.62. The molecule has 2 heterocycles. The Morgan fingerprint density at radius 3 is 2.89 bits per heavy atom. The third-order valence-electron chi connectivity index (χ3n) is 4.78. The van der Waals surface area contributed by atoms with Crippen LogP contribution >= 0.6 is 0 Å². The summed E-state index contributed by atoms with van der Waals surface area (Å²) in [7, 11) is 1.82. The van der Waals surface area contributed by atoms with Gasteiger partial charge in [0.25, 0.3) is 0 Å². The van der Waals surface area contributed by atoms with Crippen molar-refractivity contribution in [2.45, 2.75) is 45.6 Å². The molecule has 0 aliphatic carbocycles. The van der Waals surface area contributed by atoms with Crippen LogP contribution in [0.5, 0.6) is 0 Å². The molecule has 18 heavy (non-hydrogen) atoms. The standard InChI is InChI=1S/C15H30N2O/c1-15(2)7-5-8-16-14(15)11-17-9-4-6-13(10-17)12-18-3/h13-14,16H,4-12H2,1-3H3. The van der Waals surface area contributed by atoms with E-state index in [2.05, 4.69) is 24.1 Å². The van der Waals surface area contributed by atoms with E-state index in [4.69, 9.17) is 4.74 Å². The van der Waals surface area contributed by atoms with E-state index in [1.165, 1.54) is 51.9 Å². The van der Waals surface area contributed by atoms with Crippen LogP contribution in [0, 0.1) is 11.3 Å². The maximum Gasteiger partial charge on any atom is 0.0502 e. The number of likely N-dealkylation sites (tertiary alicyclic amines) is 1. The van der Waals surface area contributed by atoms with Crippen molar-refractivity contribution in [2.24, 2.45) is 11.3 Å². The second-order valence-corrected chi connectivity index (χ2v) is 6.82. The van der Waals surface area contributed by atoms with E-state index in [0.717, 1.165) is 12.5 Å². The number of hydrogen-bond donors (Lipinski definition) is 1. The second-order valence-electron chi connectivity index (χ2n) is 6.82. The molecule has 2 unspecified atom stereocenters. The van der Waals surface area contributed by atoms with E-state index in [9.17, 15) is 0 Å². The van der Waals surface area contributed by atoms with Gasteiger partial charge in [0.2, 0.25) is 0 Å². The number of hydrogen-bond acceptors (Lipinski definition) is 3. The predicted molar refractivity (Wildman–Crippen MR) is 75.8 cm³/mol. The molecule has 0 amide bonds. The fraction of sp³-hybridized carbons (Fsp3) is 1.00. The summed E-state index contributed by atoms with van der Waals surface area (Å²) in [6.45, 7) is 10.7. The Balaban J connectivity index is 1.84. The van der Waals surface area contributed by atoms with Gasteiger partial charge in [0, 0.05) is 26.2 Å². The number of nitrogens with one attached hydrogen (secondary N) is 1. The molecule has 2 saturated heterocycles. The molecule has 0 spiro atoms. The lowest BCUT2D eigenvalue weighted by Gasteiger charge is -2.43. The molecular weight excluding hydrogens is 224 g/mol. The first kappa shape index (κ1) is 14.3. The summed E-state index contributed by atoms with van der Waals surface area (Å²) in [5, 5.41) is 3.73. The Bertz CT molecular complexity index is 253. The van der Waals surface area contributed by atoms with Gasteiger partial charge in [-0.1, -0.05) is 13.8 Å². The molecule has 1 N–H and O–H groups in total. The Morgan fingerprint density at radius 1 is 1.33 bits per heavy atom. The topological polar surface area (TPSA) is 24.5 Å². The minimum atomic E-state index is 0.451. The van der Waals surface area contributed by atoms with Gasteiger partial charge in [-0.3, -0.25) is 0 Å². The molecule has 2 aliphatic rings. The van der Waals surface area contributed by atoms with Crippen LogP contribution in [0.2, 0.25) is 0 Å². The van der Waals surface area contributed by atoms with Crippen molar-refractivity contribution in [2.75, 3.05) is 39.9 Å². The summed E-state index contributed by atoms with van der Waals surface area (Å²) in [5.41, 5.74) is 0.451. The van der Waals surface area contributed by atoms with Crippen molar-refractivity contribution < 1.29 is 4.74 Å². The third-order valence-corrected chi connectivity index (χ3v) is 4.78. The number of ether oxygens (including phenoxy) is 1. The van der Waals surface area contributed by atoms with Crippen molar-refractivity contribution in [3.8, 4) is 0 Å². The molecule has 2 rings (SSSR count). The van der Waals surface area contributed by atoms with Crippen molar-refractivity contribution in [1.29, 1.82) is 0 Å². The van der Waals surface area contributed by atoms with Gasteiger partial charge in [0.15, 0.2) is 0 Å². The Labute approximate surface area is 112 Å². The second kappa shape index (κ2) is 6.36. The number of methoxy groups -OCH3 is 1. The number of nitrogens with zero attached hydrogens (tertiary/aromatic N) is 1. The number of rotatable bonds is 4. The van der Waals surface area contributed by atoms with E-state index in [0.29, 0.717) is 11.5 Å². The molecule has 0 bridgehead atoms. The van der Waals surface area contributed by atoms with Crippen LogP contribution in [0.1, 0.15) is 39.5 Å². The highest BCUT2D eigenvalue weighted by Gasteiger charge is 2.34. The Morgan fingerprint density at radius 2 is 2.17 bits per heavy atom. The lowest BCUT2D eigenvalue weighted by atomic mass is 9.77. The zero-order valence-electron chi connectivity index (χ0n) is 12.4. The molecule has 2 fully saturated rings.